The second kappa shape index (κ2) is 8.25. The Bertz CT molecular complexity index is 752. The zero-order valence-electron chi connectivity index (χ0n) is 12.5. The second-order valence-electron chi connectivity index (χ2n) is 4.96. The van der Waals surface area contributed by atoms with Crippen molar-refractivity contribution in [1.29, 1.82) is 0 Å². The molecular formula is C13H8Cl9N3O. The van der Waals surface area contributed by atoms with Gasteiger partial charge in [0.1, 0.15) is 17.4 Å². The molecule has 1 aromatic heterocycles. The first-order valence-corrected chi connectivity index (χ1v) is 10.0. The lowest BCUT2D eigenvalue weighted by Gasteiger charge is -2.41. The van der Waals surface area contributed by atoms with E-state index in [-0.39, 0.29) is 11.7 Å². The third kappa shape index (κ3) is 5.88. The molecule has 2 heterocycles. The summed E-state index contributed by atoms with van der Waals surface area (Å²) in [4.78, 5) is 9.21. The number of alkyl halides is 9. The van der Waals surface area contributed by atoms with Crippen molar-refractivity contribution in [2.75, 3.05) is 0 Å². The van der Waals surface area contributed by atoms with Crippen molar-refractivity contribution < 1.29 is 4.42 Å². The van der Waals surface area contributed by atoms with Crippen molar-refractivity contribution >= 4 is 122 Å². The molecule has 2 rings (SSSR count). The molecule has 1 aliphatic rings. The molecule has 1 unspecified atom stereocenters. The van der Waals surface area contributed by atoms with E-state index in [1.165, 1.54) is 6.08 Å². The number of nitrogens with zero attached hydrogens (tertiary/aromatic N) is 3. The van der Waals surface area contributed by atoms with Gasteiger partial charge in [-0.1, -0.05) is 104 Å². The Hall–Kier alpha value is 0.770. The number of rotatable bonds is 2. The summed E-state index contributed by atoms with van der Waals surface area (Å²) in [7, 11) is 0. The second-order valence-corrected chi connectivity index (χ2v) is 11.8. The number of halogens is 9. The van der Waals surface area contributed by atoms with E-state index in [2.05, 4.69) is 9.98 Å². The third-order valence-electron chi connectivity index (χ3n) is 2.93. The van der Waals surface area contributed by atoms with Crippen LogP contribution in [0.1, 0.15) is 11.5 Å². The van der Waals surface area contributed by atoms with Crippen LogP contribution in [0.15, 0.2) is 32.6 Å². The molecular weight excluding hydrogens is 533 g/mol. The summed E-state index contributed by atoms with van der Waals surface area (Å²) in [6.07, 6.45) is 1.68. The molecule has 144 valence electrons. The maximum atomic E-state index is 6.03. The van der Waals surface area contributed by atoms with Gasteiger partial charge in [-0.05, 0) is 31.2 Å². The molecule has 0 aliphatic carbocycles. The molecule has 0 saturated heterocycles. The Labute approximate surface area is 194 Å². The van der Waals surface area contributed by atoms with Gasteiger partial charge in [0.25, 0.3) is 3.92 Å². The van der Waals surface area contributed by atoms with Gasteiger partial charge in [-0.3, -0.25) is 4.90 Å². The number of aryl methyl sites for hydroxylation is 1. The summed E-state index contributed by atoms with van der Waals surface area (Å²) >= 11 is 53.7. The van der Waals surface area contributed by atoms with Crippen LogP contribution in [-0.2, 0) is 0 Å². The van der Waals surface area contributed by atoms with Crippen molar-refractivity contribution in [3.63, 3.8) is 0 Å². The minimum atomic E-state index is -2.07. The maximum absolute atomic E-state index is 6.03. The molecule has 0 saturated carbocycles. The fourth-order valence-electron chi connectivity index (χ4n) is 1.93. The van der Waals surface area contributed by atoms with Gasteiger partial charge in [-0.15, -0.1) is 0 Å². The van der Waals surface area contributed by atoms with Crippen LogP contribution in [-0.4, -0.2) is 34.2 Å². The number of amidine groups is 2. The van der Waals surface area contributed by atoms with Gasteiger partial charge in [0, 0.05) is 0 Å². The zero-order valence-corrected chi connectivity index (χ0v) is 19.3. The average Bonchev–Trinajstić information content (AvgIpc) is 2.86. The number of hydrogen-bond acceptors (Lipinski definition) is 4. The fourth-order valence-corrected chi connectivity index (χ4v) is 3.18. The highest BCUT2D eigenvalue weighted by atomic mass is 35.6. The highest BCUT2D eigenvalue weighted by Crippen LogP contribution is 2.45. The molecule has 1 atom stereocenters. The highest BCUT2D eigenvalue weighted by molar-refractivity contribution is 6.77. The van der Waals surface area contributed by atoms with Gasteiger partial charge in [0.15, 0.2) is 12.0 Å². The summed E-state index contributed by atoms with van der Waals surface area (Å²) in [5.41, 5.74) is 0. The van der Waals surface area contributed by atoms with E-state index >= 15 is 0 Å². The normalized spacial score (nSPS) is 19.8. The van der Waals surface area contributed by atoms with Crippen LogP contribution in [0.25, 0.3) is 6.08 Å². The summed E-state index contributed by atoms with van der Waals surface area (Å²) < 4.78 is -0.650. The predicted octanol–water partition coefficient (Wildman–Crippen LogP) is 7.11. The van der Waals surface area contributed by atoms with Gasteiger partial charge in [-0.2, -0.15) is 0 Å². The van der Waals surface area contributed by atoms with Crippen molar-refractivity contribution in [3.05, 3.63) is 29.7 Å². The van der Waals surface area contributed by atoms with E-state index in [9.17, 15) is 0 Å². The Balaban J connectivity index is 2.56. The van der Waals surface area contributed by atoms with E-state index in [1.807, 2.05) is 0 Å². The van der Waals surface area contributed by atoms with Crippen LogP contribution >= 0.6 is 104 Å². The zero-order chi connectivity index (χ0) is 19.9. The summed E-state index contributed by atoms with van der Waals surface area (Å²) in [5.74, 6) is 1.01. The van der Waals surface area contributed by atoms with Crippen molar-refractivity contribution in [2.24, 2.45) is 9.98 Å². The lowest BCUT2D eigenvalue weighted by Crippen LogP contribution is -2.55. The molecule has 0 bridgehead atoms. The lowest BCUT2D eigenvalue weighted by atomic mass is 10.3. The standard InChI is InChI=1S/C13H8Cl9N3O/c1-6-2-3-7(26-6)4-5-8-23-9(11(14,15)16)24-10(12(17,18)19)25(8)13(20,21)22/h2-5,10H,1H3. The smallest absolute Gasteiger partial charge is 0.271 e. The third-order valence-corrected chi connectivity index (χ3v) is 4.57. The topological polar surface area (TPSA) is 41.1 Å². The molecule has 0 radical (unpaired) electrons. The Morgan fingerprint density at radius 1 is 1.00 bits per heavy atom. The van der Waals surface area contributed by atoms with Crippen LogP contribution in [0.2, 0.25) is 0 Å². The molecule has 26 heavy (non-hydrogen) atoms. The van der Waals surface area contributed by atoms with Crippen LogP contribution in [0.3, 0.4) is 0 Å². The average molecular weight is 541 g/mol. The Morgan fingerprint density at radius 2 is 1.62 bits per heavy atom. The van der Waals surface area contributed by atoms with Crippen molar-refractivity contribution in [3.8, 4) is 0 Å². The van der Waals surface area contributed by atoms with Crippen molar-refractivity contribution in [2.45, 2.75) is 24.6 Å². The molecule has 4 nitrogen and oxygen atoms in total. The fraction of sp³-hybridized carbons (Fsp3) is 0.385. The molecule has 0 spiro atoms. The summed E-state index contributed by atoms with van der Waals surface area (Å²) in [5, 5.41) is 0. The molecule has 0 aromatic carbocycles. The minimum absolute atomic E-state index is 0.0340. The molecule has 13 heteroatoms. The molecule has 1 aromatic rings. The Morgan fingerprint density at radius 3 is 2.04 bits per heavy atom. The van der Waals surface area contributed by atoms with Crippen LogP contribution < -0.4 is 0 Å². The van der Waals surface area contributed by atoms with E-state index in [1.54, 1.807) is 25.1 Å². The van der Waals surface area contributed by atoms with Gasteiger partial charge in [-0.25, -0.2) is 9.98 Å². The van der Waals surface area contributed by atoms with Gasteiger partial charge < -0.3 is 4.42 Å². The summed E-state index contributed by atoms with van der Waals surface area (Å²) in [6, 6.07) is 3.50. The van der Waals surface area contributed by atoms with Gasteiger partial charge in [0.2, 0.25) is 7.59 Å². The first-order chi connectivity index (χ1) is 11.7. The van der Waals surface area contributed by atoms with E-state index in [4.69, 9.17) is 109 Å². The molecule has 0 amide bonds. The molecule has 0 N–H and O–H groups in total. The maximum Gasteiger partial charge on any atom is 0.271 e. The minimum Gasteiger partial charge on any atom is -0.462 e. The monoisotopic (exact) mass is 537 g/mol. The lowest BCUT2D eigenvalue weighted by molar-refractivity contribution is 0.320. The van der Waals surface area contributed by atoms with Crippen LogP contribution in [0, 0.1) is 6.92 Å². The first-order valence-electron chi connectivity index (χ1n) is 6.60. The predicted molar refractivity (Wildman–Crippen MR) is 114 cm³/mol. The largest absolute Gasteiger partial charge is 0.462 e. The quantitative estimate of drug-likeness (QED) is 0.296. The number of aliphatic imine (C=N–C) groups is 2. The van der Waals surface area contributed by atoms with Gasteiger partial charge in [0.05, 0.1) is 0 Å². The van der Waals surface area contributed by atoms with E-state index < -0.39 is 17.7 Å². The molecule has 1 aliphatic heterocycles. The highest BCUT2D eigenvalue weighted by Gasteiger charge is 2.50. The SMILES string of the molecule is Cc1ccc(C=CC2=NC(C(Cl)(Cl)Cl)=NC(C(Cl)(Cl)Cl)N2C(Cl)(Cl)Cl)o1. The Kier molecular flexibility index (Phi) is 7.32. The van der Waals surface area contributed by atoms with Gasteiger partial charge >= 0.3 is 0 Å². The number of furan rings is 1. The molecule has 0 fully saturated rings. The number of hydrogen-bond donors (Lipinski definition) is 0. The van der Waals surface area contributed by atoms with E-state index in [0.29, 0.717) is 11.5 Å². The van der Waals surface area contributed by atoms with E-state index in [0.717, 1.165) is 4.90 Å². The van der Waals surface area contributed by atoms with Crippen LogP contribution in [0.4, 0.5) is 0 Å². The van der Waals surface area contributed by atoms with Crippen molar-refractivity contribution in [1.82, 2.24) is 4.90 Å². The summed E-state index contributed by atoms with van der Waals surface area (Å²) in [6.45, 7) is 1.79. The van der Waals surface area contributed by atoms with Crippen LogP contribution in [0.5, 0.6) is 0 Å². The first kappa shape index (κ1) is 23.1.